The maximum Gasteiger partial charge on any atom is 0.379 e. The molecule has 2 rings (SSSR count). The number of esters is 1. The maximum atomic E-state index is 11.6. The molecule has 0 spiro atoms. The van der Waals surface area contributed by atoms with Gasteiger partial charge in [0.15, 0.2) is 0 Å². The highest BCUT2D eigenvalue weighted by atomic mass is 16.6. The van der Waals surface area contributed by atoms with E-state index in [0.29, 0.717) is 6.61 Å². The molecule has 5 nitrogen and oxygen atoms in total. The summed E-state index contributed by atoms with van der Waals surface area (Å²) in [5.41, 5.74) is 6.02. The smallest absolute Gasteiger partial charge is 0.379 e. The zero-order chi connectivity index (χ0) is 11.5. The van der Waals surface area contributed by atoms with Crippen LogP contribution in [0.3, 0.4) is 0 Å². The first-order valence-corrected chi connectivity index (χ1v) is 4.86. The molecule has 1 aliphatic rings. The molecule has 1 aromatic carbocycles. The average molecular weight is 221 g/mol. The SMILES string of the molecule is Nc1ccccc1C(=O)C(=O)OCC1CO1. The van der Waals surface area contributed by atoms with Crippen LogP contribution in [0.25, 0.3) is 0 Å². The van der Waals surface area contributed by atoms with Gasteiger partial charge in [0.25, 0.3) is 5.78 Å². The number of hydrogen-bond acceptors (Lipinski definition) is 5. The number of nitrogen functional groups attached to an aromatic ring is 1. The molecule has 0 radical (unpaired) electrons. The van der Waals surface area contributed by atoms with E-state index < -0.39 is 11.8 Å². The summed E-state index contributed by atoms with van der Waals surface area (Å²) < 4.78 is 9.62. The molecule has 1 unspecified atom stereocenters. The first kappa shape index (κ1) is 10.6. The van der Waals surface area contributed by atoms with Crippen LogP contribution in [0.1, 0.15) is 10.4 Å². The molecular formula is C11H11NO4. The predicted octanol–water partition coefficient (Wildman–Crippen LogP) is 0.393. The highest BCUT2D eigenvalue weighted by Gasteiger charge is 2.27. The molecule has 0 aliphatic carbocycles. The van der Waals surface area contributed by atoms with Gasteiger partial charge in [0.05, 0.1) is 12.2 Å². The normalized spacial score (nSPS) is 17.9. The molecule has 2 N–H and O–H groups in total. The van der Waals surface area contributed by atoms with Crippen molar-refractivity contribution >= 4 is 17.4 Å². The first-order valence-electron chi connectivity index (χ1n) is 4.86. The summed E-state index contributed by atoms with van der Waals surface area (Å²) in [4.78, 5) is 22.9. The quantitative estimate of drug-likeness (QED) is 0.261. The van der Waals surface area contributed by atoms with E-state index >= 15 is 0 Å². The Balaban J connectivity index is 2.00. The Hall–Kier alpha value is -1.88. The van der Waals surface area contributed by atoms with Gasteiger partial charge in [-0.1, -0.05) is 12.1 Å². The second kappa shape index (κ2) is 4.32. The number of anilines is 1. The van der Waals surface area contributed by atoms with Gasteiger partial charge < -0.3 is 15.2 Å². The van der Waals surface area contributed by atoms with E-state index in [4.69, 9.17) is 15.2 Å². The van der Waals surface area contributed by atoms with Crippen molar-refractivity contribution in [3.8, 4) is 0 Å². The summed E-state index contributed by atoms with van der Waals surface area (Å²) >= 11 is 0. The minimum atomic E-state index is -0.895. The Morgan fingerprint density at radius 1 is 1.44 bits per heavy atom. The van der Waals surface area contributed by atoms with E-state index in [-0.39, 0.29) is 24.0 Å². The van der Waals surface area contributed by atoms with Crippen molar-refractivity contribution in [3.05, 3.63) is 29.8 Å². The third kappa shape index (κ3) is 2.38. The molecule has 1 aliphatic heterocycles. The summed E-state index contributed by atoms with van der Waals surface area (Å²) in [6.07, 6.45) is -0.0510. The summed E-state index contributed by atoms with van der Waals surface area (Å²) in [6, 6.07) is 6.38. The van der Waals surface area contributed by atoms with Crippen LogP contribution in [0.5, 0.6) is 0 Å². The van der Waals surface area contributed by atoms with E-state index in [9.17, 15) is 9.59 Å². The fourth-order valence-electron chi connectivity index (χ4n) is 1.21. The highest BCUT2D eigenvalue weighted by molar-refractivity contribution is 6.41. The number of nitrogens with two attached hydrogens (primary N) is 1. The molecule has 0 saturated carbocycles. The number of ether oxygens (including phenoxy) is 2. The van der Waals surface area contributed by atoms with Gasteiger partial charge in [0.1, 0.15) is 12.7 Å². The topological polar surface area (TPSA) is 81.9 Å². The van der Waals surface area contributed by atoms with Crippen molar-refractivity contribution in [2.75, 3.05) is 18.9 Å². The number of Topliss-reactive ketones (excluding diaryl/α,β-unsaturated/α-hetero) is 1. The fourth-order valence-corrected chi connectivity index (χ4v) is 1.21. The molecule has 0 bridgehead atoms. The predicted molar refractivity (Wildman–Crippen MR) is 55.9 cm³/mol. The Bertz CT molecular complexity index is 426. The molecule has 5 heteroatoms. The van der Waals surface area contributed by atoms with Gasteiger partial charge in [-0.2, -0.15) is 0 Å². The van der Waals surface area contributed by atoms with Crippen LogP contribution in [0.2, 0.25) is 0 Å². The molecular weight excluding hydrogens is 210 g/mol. The lowest BCUT2D eigenvalue weighted by Crippen LogP contribution is -2.20. The van der Waals surface area contributed by atoms with Gasteiger partial charge in [-0.05, 0) is 12.1 Å². The van der Waals surface area contributed by atoms with Crippen molar-refractivity contribution in [1.29, 1.82) is 0 Å². The Morgan fingerprint density at radius 3 is 2.75 bits per heavy atom. The van der Waals surface area contributed by atoms with Gasteiger partial charge in [0, 0.05) is 5.69 Å². The molecule has 84 valence electrons. The highest BCUT2D eigenvalue weighted by Crippen LogP contribution is 2.13. The summed E-state index contributed by atoms with van der Waals surface area (Å²) in [5, 5.41) is 0. The second-order valence-corrected chi connectivity index (χ2v) is 3.47. The molecule has 1 atom stereocenters. The van der Waals surface area contributed by atoms with E-state index in [1.54, 1.807) is 18.2 Å². The number of ketones is 1. The van der Waals surface area contributed by atoms with Crippen molar-refractivity contribution in [1.82, 2.24) is 0 Å². The zero-order valence-electron chi connectivity index (χ0n) is 8.51. The minimum absolute atomic E-state index is 0.0510. The maximum absolute atomic E-state index is 11.6. The lowest BCUT2D eigenvalue weighted by atomic mass is 10.1. The van der Waals surface area contributed by atoms with Gasteiger partial charge in [-0.15, -0.1) is 0 Å². The third-order valence-electron chi connectivity index (χ3n) is 2.19. The van der Waals surface area contributed by atoms with Gasteiger partial charge in [-0.25, -0.2) is 4.79 Å². The van der Waals surface area contributed by atoms with E-state index in [1.165, 1.54) is 6.07 Å². The summed E-state index contributed by atoms with van der Waals surface area (Å²) in [5.74, 6) is -1.62. The molecule has 1 heterocycles. The second-order valence-electron chi connectivity index (χ2n) is 3.47. The monoisotopic (exact) mass is 221 g/mol. The largest absolute Gasteiger partial charge is 0.457 e. The van der Waals surface area contributed by atoms with Crippen molar-refractivity contribution in [2.24, 2.45) is 0 Å². The molecule has 0 aromatic heterocycles. The molecule has 1 saturated heterocycles. The van der Waals surface area contributed by atoms with E-state index in [1.807, 2.05) is 0 Å². The van der Waals surface area contributed by atoms with Crippen LogP contribution in [-0.2, 0) is 14.3 Å². The van der Waals surface area contributed by atoms with Crippen molar-refractivity contribution < 1.29 is 19.1 Å². The van der Waals surface area contributed by atoms with Crippen LogP contribution < -0.4 is 5.73 Å². The first-order chi connectivity index (χ1) is 7.68. The molecule has 16 heavy (non-hydrogen) atoms. The number of epoxide rings is 1. The number of rotatable bonds is 4. The molecule has 1 fully saturated rings. The lowest BCUT2D eigenvalue weighted by Gasteiger charge is -2.04. The summed E-state index contributed by atoms with van der Waals surface area (Å²) in [7, 11) is 0. The third-order valence-corrected chi connectivity index (χ3v) is 2.19. The van der Waals surface area contributed by atoms with E-state index in [0.717, 1.165) is 0 Å². The summed E-state index contributed by atoms with van der Waals surface area (Å²) in [6.45, 7) is 0.701. The average Bonchev–Trinajstić information content (AvgIpc) is 3.09. The standard InChI is InChI=1S/C11H11NO4/c12-9-4-2-1-3-8(9)10(13)11(14)16-6-7-5-15-7/h1-4,7H,5-6,12H2. The Labute approximate surface area is 92.1 Å². The van der Waals surface area contributed by atoms with Gasteiger partial charge >= 0.3 is 5.97 Å². The van der Waals surface area contributed by atoms with Crippen LogP contribution in [0, 0.1) is 0 Å². The number of hydrogen-bond donors (Lipinski definition) is 1. The number of para-hydroxylation sites is 1. The zero-order valence-corrected chi connectivity index (χ0v) is 8.51. The van der Waals surface area contributed by atoms with Crippen LogP contribution in [0.15, 0.2) is 24.3 Å². The molecule has 0 amide bonds. The van der Waals surface area contributed by atoms with Crippen LogP contribution >= 0.6 is 0 Å². The number of carbonyl (C=O) groups excluding carboxylic acids is 2. The van der Waals surface area contributed by atoms with Crippen molar-refractivity contribution in [2.45, 2.75) is 6.10 Å². The van der Waals surface area contributed by atoms with Crippen molar-refractivity contribution in [3.63, 3.8) is 0 Å². The van der Waals surface area contributed by atoms with Crippen LogP contribution in [-0.4, -0.2) is 31.1 Å². The number of benzene rings is 1. The lowest BCUT2D eigenvalue weighted by molar-refractivity contribution is -0.138. The Morgan fingerprint density at radius 2 is 2.12 bits per heavy atom. The Kier molecular flexibility index (Phi) is 2.87. The fraction of sp³-hybridized carbons (Fsp3) is 0.273. The minimum Gasteiger partial charge on any atom is -0.457 e. The van der Waals surface area contributed by atoms with Crippen LogP contribution in [0.4, 0.5) is 5.69 Å². The van der Waals surface area contributed by atoms with E-state index in [2.05, 4.69) is 0 Å². The van der Waals surface area contributed by atoms with Gasteiger partial charge in [-0.3, -0.25) is 4.79 Å². The van der Waals surface area contributed by atoms with Gasteiger partial charge in [0.2, 0.25) is 0 Å². The molecule has 1 aromatic rings. The number of carbonyl (C=O) groups is 2.